The summed E-state index contributed by atoms with van der Waals surface area (Å²) in [4.78, 5) is 0. The normalized spacial score (nSPS) is 30.3. The van der Waals surface area contributed by atoms with Gasteiger partial charge in [0.1, 0.15) is 0 Å². The average Bonchev–Trinajstić information content (AvgIpc) is 2.52. The Balaban J connectivity index is 1.81. The Hall–Kier alpha value is 0.177. The van der Waals surface area contributed by atoms with E-state index in [2.05, 4.69) is 13.1 Å². The lowest BCUT2D eigenvalue weighted by atomic mass is 9.87. The molecule has 136 valence electrons. The molecule has 1 saturated heterocycles. The van der Waals surface area contributed by atoms with E-state index in [-0.39, 0.29) is 0 Å². The predicted octanol–water partition coefficient (Wildman–Crippen LogP) is 7.46. The van der Waals surface area contributed by atoms with E-state index in [0.29, 0.717) is 6.10 Å². The largest absolute Gasteiger partial charge is 0.414 e. The van der Waals surface area contributed by atoms with Crippen molar-refractivity contribution in [1.82, 2.24) is 0 Å². The van der Waals surface area contributed by atoms with Gasteiger partial charge < -0.3 is 4.43 Å². The zero-order valence-corrected chi connectivity index (χ0v) is 17.1. The summed E-state index contributed by atoms with van der Waals surface area (Å²) in [5.74, 6) is 0.868. The van der Waals surface area contributed by atoms with Gasteiger partial charge in [-0.1, -0.05) is 83.5 Å². The first kappa shape index (κ1) is 19.5. The Morgan fingerprint density at radius 2 is 1.00 bits per heavy atom. The van der Waals surface area contributed by atoms with Crippen molar-refractivity contribution in [3.8, 4) is 0 Å². The van der Waals surface area contributed by atoms with Gasteiger partial charge in [-0.25, -0.2) is 0 Å². The molecular formula is C21H42OSi. The van der Waals surface area contributed by atoms with Crippen LogP contribution in [-0.2, 0) is 4.43 Å². The summed E-state index contributed by atoms with van der Waals surface area (Å²) in [6.07, 6.45) is 23.9. The van der Waals surface area contributed by atoms with Crippen molar-refractivity contribution in [2.75, 3.05) is 0 Å². The number of hydrogen-bond donors (Lipinski definition) is 0. The molecule has 2 aliphatic rings. The molecule has 2 rings (SSSR count). The second kappa shape index (κ2) is 10.9. The summed E-state index contributed by atoms with van der Waals surface area (Å²) in [5.41, 5.74) is 0. The van der Waals surface area contributed by atoms with Crippen LogP contribution in [0.4, 0.5) is 0 Å². The summed E-state index contributed by atoms with van der Waals surface area (Å²) in [6.45, 7) is 4.87. The van der Waals surface area contributed by atoms with Gasteiger partial charge >= 0.3 is 0 Å². The highest BCUT2D eigenvalue weighted by Crippen LogP contribution is 2.34. The zero-order chi connectivity index (χ0) is 16.4. The fraction of sp³-hybridized carbons (Fsp3) is 1.00. The first-order valence-electron chi connectivity index (χ1n) is 10.9. The van der Waals surface area contributed by atoms with Gasteiger partial charge in [0.2, 0.25) is 0 Å². The molecule has 1 nitrogen and oxygen atoms in total. The molecule has 23 heavy (non-hydrogen) atoms. The van der Waals surface area contributed by atoms with Crippen molar-refractivity contribution in [2.45, 2.75) is 128 Å². The molecule has 0 N–H and O–H groups in total. The predicted molar refractivity (Wildman–Crippen MR) is 105 cm³/mol. The van der Waals surface area contributed by atoms with Crippen LogP contribution in [0.15, 0.2) is 0 Å². The summed E-state index contributed by atoms with van der Waals surface area (Å²) < 4.78 is 6.64. The maximum Gasteiger partial charge on any atom is 0.187 e. The minimum absolute atomic E-state index is 0.612. The molecule has 0 aromatic carbocycles. The lowest BCUT2D eigenvalue weighted by Gasteiger charge is -2.39. The Morgan fingerprint density at radius 1 is 0.565 bits per heavy atom. The van der Waals surface area contributed by atoms with Crippen molar-refractivity contribution in [1.29, 1.82) is 0 Å². The third-order valence-electron chi connectivity index (χ3n) is 6.16. The average molecular weight is 339 g/mol. The summed E-state index contributed by atoms with van der Waals surface area (Å²) in [7, 11) is -1.33. The smallest absolute Gasteiger partial charge is 0.187 e. The topological polar surface area (TPSA) is 9.23 Å². The molecule has 1 aliphatic heterocycles. The van der Waals surface area contributed by atoms with Crippen LogP contribution < -0.4 is 0 Å². The van der Waals surface area contributed by atoms with Gasteiger partial charge in [0.05, 0.1) is 0 Å². The lowest BCUT2D eigenvalue weighted by molar-refractivity contribution is 0.0861. The lowest BCUT2D eigenvalue weighted by Crippen LogP contribution is -2.42. The van der Waals surface area contributed by atoms with E-state index in [1.807, 2.05) is 0 Å². The zero-order valence-electron chi connectivity index (χ0n) is 16.1. The van der Waals surface area contributed by atoms with E-state index in [1.165, 1.54) is 109 Å². The third kappa shape index (κ3) is 8.20. The molecule has 1 heterocycles. The molecule has 0 aromatic rings. The third-order valence-corrected chi connectivity index (χ3v) is 8.66. The fourth-order valence-corrected chi connectivity index (χ4v) is 6.99. The van der Waals surface area contributed by atoms with Crippen LogP contribution in [0.3, 0.4) is 0 Å². The molecular weight excluding hydrogens is 296 g/mol. The standard InChI is InChI=1S/C21H42OSi/c1-23(2)19-15-18-21(22-23)20-16-13-11-9-7-5-3-4-6-8-10-12-14-17-20/h20-21H,3-19H2,1-2H3. The van der Waals surface area contributed by atoms with Gasteiger partial charge in [-0.3, -0.25) is 0 Å². The van der Waals surface area contributed by atoms with Crippen LogP contribution >= 0.6 is 0 Å². The van der Waals surface area contributed by atoms with Crippen LogP contribution in [0.25, 0.3) is 0 Å². The Labute approximate surface area is 147 Å². The molecule has 2 heteroatoms. The molecule has 2 fully saturated rings. The molecule has 1 unspecified atom stereocenters. The molecule has 0 aromatic heterocycles. The van der Waals surface area contributed by atoms with Gasteiger partial charge in [0.25, 0.3) is 0 Å². The van der Waals surface area contributed by atoms with E-state index in [1.54, 1.807) is 0 Å². The van der Waals surface area contributed by atoms with Crippen LogP contribution in [-0.4, -0.2) is 14.4 Å². The molecule has 0 spiro atoms. The Kier molecular flexibility index (Phi) is 9.26. The van der Waals surface area contributed by atoms with Gasteiger partial charge in [-0.15, -0.1) is 0 Å². The molecule has 0 bridgehead atoms. The van der Waals surface area contributed by atoms with E-state index in [9.17, 15) is 0 Å². The Morgan fingerprint density at radius 3 is 1.43 bits per heavy atom. The Bertz CT molecular complexity index is 286. The quantitative estimate of drug-likeness (QED) is 0.451. The summed E-state index contributed by atoms with van der Waals surface area (Å²) in [6, 6.07) is 1.39. The van der Waals surface area contributed by atoms with E-state index in [4.69, 9.17) is 4.43 Å². The van der Waals surface area contributed by atoms with Crippen LogP contribution in [0.5, 0.6) is 0 Å². The second-order valence-electron chi connectivity index (χ2n) is 8.89. The maximum absolute atomic E-state index is 6.64. The van der Waals surface area contributed by atoms with Crippen molar-refractivity contribution in [3.63, 3.8) is 0 Å². The fourth-order valence-electron chi connectivity index (χ4n) is 4.69. The monoisotopic (exact) mass is 338 g/mol. The van der Waals surface area contributed by atoms with Crippen LogP contribution in [0, 0.1) is 5.92 Å². The molecule has 1 saturated carbocycles. The van der Waals surface area contributed by atoms with Crippen LogP contribution in [0.1, 0.15) is 103 Å². The highest BCUT2D eigenvalue weighted by atomic mass is 28.4. The highest BCUT2D eigenvalue weighted by Gasteiger charge is 2.34. The maximum atomic E-state index is 6.64. The minimum Gasteiger partial charge on any atom is -0.414 e. The summed E-state index contributed by atoms with van der Waals surface area (Å²) >= 11 is 0. The van der Waals surface area contributed by atoms with E-state index in [0.717, 1.165) is 5.92 Å². The summed E-state index contributed by atoms with van der Waals surface area (Å²) in [5, 5.41) is 0. The first-order chi connectivity index (χ1) is 11.2. The van der Waals surface area contributed by atoms with Gasteiger partial charge in [-0.2, -0.15) is 0 Å². The SMILES string of the molecule is C[Si]1(C)CCCC(C2CCCCCCCCCCCCCC2)O1. The second-order valence-corrected chi connectivity index (χ2v) is 13.1. The molecule has 1 atom stereocenters. The molecule has 1 aliphatic carbocycles. The van der Waals surface area contributed by atoms with E-state index < -0.39 is 8.32 Å². The van der Waals surface area contributed by atoms with Crippen molar-refractivity contribution >= 4 is 8.32 Å². The number of rotatable bonds is 1. The van der Waals surface area contributed by atoms with Gasteiger partial charge in [0, 0.05) is 6.10 Å². The van der Waals surface area contributed by atoms with Crippen molar-refractivity contribution in [2.24, 2.45) is 5.92 Å². The van der Waals surface area contributed by atoms with Crippen molar-refractivity contribution in [3.05, 3.63) is 0 Å². The highest BCUT2D eigenvalue weighted by molar-refractivity contribution is 6.71. The van der Waals surface area contributed by atoms with Gasteiger partial charge in [0.15, 0.2) is 8.32 Å². The molecule has 0 radical (unpaired) electrons. The minimum atomic E-state index is -1.33. The van der Waals surface area contributed by atoms with Crippen LogP contribution in [0.2, 0.25) is 19.1 Å². The first-order valence-corrected chi connectivity index (χ1v) is 14.0. The van der Waals surface area contributed by atoms with E-state index >= 15 is 0 Å². The number of hydrogen-bond acceptors (Lipinski definition) is 1. The molecule has 0 amide bonds. The van der Waals surface area contributed by atoms with Crippen molar-refractivity contribution < 1.29 is 4.43 Å². The van der Waals surface area contributed by atoms with Gasteiger partial charge in [-0.05, 0) is 44.3 Å².